The molecule has 0 fully saturated rings. The fraction of sp³-hybridized carbons (Fsp3) is 0.278. The van der Waals surface area contributed by atoms with Gasteiger partial charge >= 0.3 is 0 Å². The highest BCUT2D eigenvalue weighted by molar-refractivity contribution is 7.12. The van der Waals surface area contributed by atoms with Crippen molar-refractivity contribution in [3.05, 3.63) is 51.2 Å². The van der Waals surface area contributed by atoms with E-state index in [1.54, 1.807) is 35.7 Å². The molecule has 27 heavy (non-hydrogen) atoms. The Kier molecular flexibility index (Phi) is 8.09. The van der Waals surface area contributed by atoms with Gasteiger partial charge in [0.2, 0.25) is 5.91 Å². The van der Waals surface area contributed by atoms with Gasteiger partial charge in [-0.25, -0.2) is 0 Å². The van der Waals surface area contributed by atoms with Gasteiger partial charge < -0.3 is 10.1 Å². The number of benzene rings is 1. The van der Waals surface area contributed by atoms with Crippen LogP contribution in [0.15, 0.2) is 35.7 Å². The van der Waals surface area contributed by atoms with Gasteiger partial charge in [0, 0.05) is 11.4 Å². The average molecular weight is 410 g/mol. The van der Waals surface area contributed by atoms with Gasteiger partial charge in [-0.15, -0.1) is 11.3 Å². The first kappa shape index (κ1) is 20.7. The monoisotopic (exact) mass is 409 g/mol. The fourth-order valence-electron chi connectivity index (χ4n) is 2.09. The van der Waals surface area contributed by atoms with Crippen LogP contribution >= 0.6 is 22.9 Å². The average Bonchev–Trinajstić information content (AvgIpc) is 3.17. The summed E-state index contributed by atoms with van der Waals surface area (Å²) in [7, 11) is 0. The summed E-state index contributed by atoms with van der Waals surface area (Å²) in [5.74, 6) is -0.471. The first-order valence-corrected chi connectivity index (χ1v) is 9.50. The number of rotatable bonds is 8. The normalized spacial score (nSPS) is 10.1. The van der Waals surface area contributed by atoms with E-state index in [0.717, 1.165) is 11.3 Å². The molecule has 0 spiro atoms. The first-order chi connectivity index (χ1) is 13.0. The van der Waals surface area contributed by atoms with Gasteiger partial charge in [-0.2, -0.15) is 0 Å². The summed E-state index contributed by atoms with van der Waals surface area (Å²) in [5, 5.41) is 4.88. The predicted octanol–water partition coefficient (Wildman–Crippen LogP) is 2.45. The number of ether oxygens (including phenoxy) is 1. The molecule has 7 nitrogen and oxygen atoms in total. The fourth-order valence-corrected chi connectivity index (χ4v) is 2.96. The number of halogens is 1. The van der Waals surface area contributed by atoms with Crippen molar-refractivity contribution in [1.82, 2.24) is 16.2 Å². The highest BCUT2D eigenvalue weighted by Crippen LogP contribution is 2.21. The van der Waals surface area contributed by atoms with Gasteiger partial charge in [0.25, 0.3) is 11.8 Å². The number of carbonyl (C=O) groups excluding carboxylic acids is 3. The Labute approximate surface area is 166 Å². The van der Waals surface area contributed by atoms with Crippen molar-refractivity contribution in [2.24, 2.45) is 0 Å². The Hall–Kier alpha value is -2.58. The number of carbonyl (C=O) groups is 3. The molecule has 0 aliphatic heterocycles. The maximum absolute atomic E-state index is 11.7. The summed E-state index contributed by atoms with van der Waals surface area (Å²) in [4.78, 5) is 35.5. The van der Waals surface area contributed by atoms with Crippen molar-refractivity contribution in [1.29, 1.82) is 0 Å². The van der Waals surface area contributed by atoms with E-state index in [-0.39, 0.29) is 24.8 Å². The topological polar surface area (TPSA) is 96.5 Å². The number of amides is 3. The van der Waals surface area contributed by atoms with Gasteiger partial charge in [0.15, 0.2) is 0 Å². The molecule has 3 N–H and O–H groups in total. The van der Waals surface area contributed by atoms with E-state index in [9.17, 15) is 14.4 Å². The van der Waals surface area contributed by atoms with Crippen LogP contribution in [0.5, 0.6) is 5.75 Å². The highest BCUT2D eigenvalue weighted by Gasteiger charge is 2.09. The zero-order valence-corrected chi connectivity index (χ0v) is 16.3. The second-order valence-corrected chi connectivity index (χ2v) is 7.00. The Morgan fingerprint density at radius 2 is 1.93 bits per heavy atom. The zero-order chi connectivity index (χ0) is 19.6. The maximum Gasteiger partial charge on any atom is 0.261 e. The summed E-state index contributed by atoms with van der Waals surface area (Å²) < 4.78 is 5.60. The minimum absolute atomic E-state index is 0.189. The van der Waals surface area contributed by atoms with Crippen molar-refractivity contribution >= 4 is 40.7 Å². The summed E-state index contributed by atoms with van der Waals surface area (Å²) in [6.07, 6.45) is 0.674. The van der Waals surface area contributed by atoms with E-state index < -0.39 is 5.91 Å². The molecule has 1 aromatic carbocycles. The van der Waals surface area contributed by atoms with Crippen LogP contribution in [0.2, 0.25) is 5.02 Å². The molecular weight excluding hydrogens is 390 g/mol. The van der Waals surface area contributed by atoms with Crippen LogP contribution in [-0.2, 0) is 9.59 Å². The van der Waals surface area contributed by atoms with Crippen molar-refractivity contribution in [2.75, 3.05) is 13.2 Å². The molecule has 0 radical (unpaired) electrons. The number of hydrogen-bond acceptors (Lipinski definition) is 5. The summed E-state index contributed by atoms with van der Waals surface area (Å²) in [6.45, 7) is 2.03. The quantitative estimate of drug-likeness (QED) is 0.461. The van der Waals surface area contributed by atoms with Crippen LogP contribution in [0.1, 0.15) is 28.1 Å². The minimum atomic E-state index is -0.513. The van der Waals surface area contributed by atoms with Gasteiger partial charge in [-0.1, -0.05) is 17.7 Å². The maximum atomic E-state index is 11.7. The van der Waals surface area contributed by atoms with Crippen LogP contribution < -0.4 is 20.9 Å². The van der Waals surface area contributed by atoms with E-state index in [4.69, 9.17) is 16.3 Å². The van der Waals surface area contributed by atoms with Crippen molar-refractivity contribution in [3.63, 3.8) is 0 Å². The van der Waals surface area contributed by atoms with Crippen LogP contribution in [0.25, 0.3) is 0 Å². The lowest BCUT2D eigenvalue weighted by atomic mass is 10.2. The molecule has 0 atom stereocenters. The Morgan fingerprint density at radius 3 is 2.63 bits per heavy atom. The number of aryl methyl sites for hydroxylation is 1. The second-order valence-electron chi connectivity index (χ2n) is 5.62. The second kappa shape index (κ2) is 10.5. The smallest absolute Gasteiger partial charge is 0.261 e. The van der Waals surface area contributed by atoms with E-state index >= 15 is 0 Å². The standard InChI is InChI=1S/C18H20ClN3O4S/c1-12-10-13(19)6-7-14(12)26-8-2-5-16(23)21-22-17(24)11-20-18(25)15-4-3-9-27-15/h3-4,6-7,9-10H,2,5,8,11H2,1H3,(H,20,25)(H,21,23)(H,22,24). The van der Waals surface area contributed by atoms with Crippen LogP contribution in [-0.4, -0.2) is 30.9 Å². The molecule has 3 amide bonds. The van der Waals surface area contributed by atoms with Gasteiger partial charge in [0.05, 0.1) is 18.0 Å². The third-order valence-corrected chi connectivity index (χ3v) is 4.54. The molecule has 0 aliphatic carbocycles. The van der Waals surface area contributed by atoms with Crippen molar-refractivity contribution in [2.45, 2.75) is 19.8 Å². The van der Waals surface area contributed by atoms with Crippen molar-refractivity contribution in [3.8, 4) is 5.75 Å². The van der Waals surface area contributed by atoms with Crippen LogP contribution in [0.4, 0.5) is 0 Å². The molecule has 1 aromatic heterocycles. The largest absolute Gasteiger partial charge is 0.493 e. The van der Waals surface area contributed by atoms with Gasteiger partial charge in [-0.3, -0.25) is 25.2 Å². The minimum Gasteiger partial charge on any atom is -0.493 e. The molecule has 1 heterocycles. The molecule has 0 saturated carbocycles. The molecule has 144 valence electrons. The first-order valence-electron chi connectivity index (χ1n) is 8.24. The molecule has 2 rings (SSSR count). The summed E-state index contributed by atoms with van der Waals surface area (Å²) in [5.41, 5.74) is 5.47. The van der Waals surface area contributed by atoms with Gasteiger partial charge in [0.1, 0.15) is 5.75 Å². The van der Waals surface area contributed by atoms with E-state index in [1.807, 2.05) is 6.92 Å². The number of hydrogen-bond donors (Lipinski definition) is 3. The SMILES string of the molecule is Cc1cc(Cl)ccc1OCCCC(=O)NNC(=O)CNC(=O)c1cccs1. The summed E-state index contributed by atoms with van der Waals surface area (Å²) >= 11 is 7.16. The Morgan fingerprint density at radius 1 is 1.15 bits per heavy atom. The molecule has 9 heteroatoms. The van der Waals surface area contributed by atoms with E-state index in [2.05, 4.69) is 16.2 Å². The molecule has 2 aromatic rings. The number of nitrogens with one attached hydrogen (secondary N) is 3. The van der Waals surface area contributed by atoms with Crippen molar-refractivity contribution < 1.29 is 19.1 Å². The molecule has 0 unspecified atom stereocenters. The number of thiophene rings is 1. The molecular formula is C18H20ClN3O4S. The molecule has 0 aliphatic rings. The lowest BCUT2D eigenvalue weighted by Crippen LogP contribution is -2.46. The summed E-state index contributed by atoms with van der Waals surface area (Å²) in [6, 6.07) is 8.73. The predicted molar refractivity (Wildman–Crippen MR) is 104 cm³/mol. The zero-order valence-electron chi connectivity index (χ0n) is 14.7. The molecule has 0 bridgehead atoms. The lowest BCUT2D eigenvalue weighted by molar-refractivity contribution is -0.128. The van der Waals surface area contributed by atoms with E-state index in [1.165, 1.54) is 11.3 Å². The van der Waals surface area contributed by atoms with E-state index in [0.29, 0.717) is 22.9 Å². The molecule has 0 saturated heterocycles. The lowest BCUT2D eigenvalue weighted by Gasteiger charge is -2.10. The van der Waals surface area contributed by atoms with Crippen LogP contribution in [0.3, 0.4) is 0 Å². The number of hydrazine groups is 1. The Balaban J connectivity index is 1.57. The highest BCUT2D eigenvalue weighted by atomic mass is 35.5. The van der Waals surface area contributed by atoms with Gasteiger partial charge in [-0.05, 0) is 48.6 Å². The third-order valence-electron chi connectivity index (χ3n) is 3.44. The van der Waals surface area contributed by atoms with Crippen LogP contribution in [0, 0.1) is 6.92 Å². The Bertz CT molecular complexity index is 796. The third kappa shape index (κ3) is 7.28.